The molecule has 1 aliphatic rings. The number of esters is 2. The Hall–Kier alpha value is -1.93. The number of ether oxygens (including phenoxy) is 2. The summed E-state index contributed by atoms with van der Waals surface area (Å²) in [5.41, 5.74) is 0.698. The highest BCUT2D eigenvalue weighted by Gasteiger charge is 2.28. The number of rotatable bonds is 7. The van der Waals surface area contributed by atoms with E-state index in [1.165, 1.54) is 6.42 Å². The van der Waals surface area contributed by atoms with Gasteiger partial charge in [0, 0.05) is 6.54 Å². The van der Waals surface area contributed by atoms with Gasteiger partial charge in [-0.15, -0.1) is 11.3 Å². The van der Waals surface area contributed by atoms with E-state index in [4.69, 9.17) is 9.47 Å². The lowest BCUT2D eigenvalue weighted by Crippen LogP contribution is -2.39. The number of carbonyl (C=O) groups is 3. The molecule has 0 aromatic carbocycles. The van der Waals surface area contributed by atoms with Crippen LogP contribution < -0.4 is 5.32 Å². The summed E-state index contributed by atoms with van der Waals surface area (Å²) in [5.74, 6) is -0.688. The number of thiophene rings is 1. The predicted octanol–water partition coefficient (Wildman–Crippen LogP) is 3.08. The van der Waals surface area contributed by atoms with Gasteiger partial charge in [-0.25, -0.2) is 9.59 Å². The highest BCUT2D eigenvalue weighted by Crippen LogP contribution is 2.34. The van der Waals surface area contributed by atoms with Gasteiger partial charge in [-0.2, -0.15) is 0 Å². The molecular formula is C19H28N2O5S. The second kappa shape index (κ2) is 9.85. The number of piperidine rings is 1. The van der Waals surface area contributed by atoms with Gasteiger partial charge >= 0.3 is 11.9 Å². The summed E-state index contributed by atoms with van der Waals surface area (Å²) in [6.45, 7) is 9.75. The fraction of sp³-hybridized carbons (Fsp3) is 0.632. The maximum atomic E-state index is 12.5. The minimum Gasteiger partial charge on any atom is -0.462 e. The molecule has 1 aliphatic heterocycles. The lowest BCUT2D eigenvalue weighted by Gasteiger charge is -2.30. The second-order valence-corrected chi connectivity index (χ2v) is 7.75. The van der Waals surface area contributed by atoms with Crippen LogP contribution in [0.25, 0.3) is 0 Å². The Labute approximate surface area is 164 Å². The minimum absolute atomic E-state index is 0.202. The molecule has 1 aromatic heterocycles. The molecule has 0 aliphatic carbocycles. The van der Waals surface area contributed by atoms with Gasteiger partial charge in [0.2, 0.25) is 5.91 Å². The Kier molecular flexibility index (Phi) is 7.79. The average Bonchev–Trinajstić information content (AvgIpc) is 2.91. The van der Waals surface area contributed by atoms with Gasteiger partial charge in [0.25, 0.3) is 0 Å². The number of anilines is 1. The first kappa shape index (κ1) is 21.4. The topological polar surface area (TPSA) is 84.9 Å². The number of amides is 1. The molecule has 0 radical (unpaired) electrons. The van der Waals surface area contributed by atoms with Crippen LogP contribution in [-0.2, 0) is 14.3 Å². The molecule has 1 amide bonds. The maximum Gasteiger partial charge on any atom is 0.348 e. The first-order chi connectivity index (χ1) is 12.9. The van der Waals surface area contributed by atoms with E-state index in [0.717, 1.165) is 30.8 Å². The fourth-order valence-corrected chi connectivity index (χ4v) is 4.35. The van der Waals surface area contributed by atoms with Crippen molar-refractivity contribution in [3.63, 3.8) is 0 Å². The van der Waals surface area contributed by atoms with E-state index in [2.05, 4.69) is 17.1 Å². The van der Waals surface area contributed by atoms with Crippen LogP contribution in [0.5, 0.6) is 0 Å². The molecule has 2 heterocycles. The monoisotopic (exact) mass is 396 g/mol. The summed E-state index contributed by atoms with van der Waals surface area (Å²) in [6.07, 6.45) is 2.26. The molecule has 2 rings (SSSR count). The largest absolute Gasteiger partial charge is 0.462 e. The molecule has 150 valence electrons. The van der Waals surface area contributed by atoms with Gasteiger partial charge in [-0.3, -0.25) is 9.69 Å². The van der Waals surface area contributed by atoms with Crippen molar-refractivity contribution in [2.45, 2.75) is 40.5 Å². The number of hydrogen-bond acceptors (Lipinski definition) is 7. The molecular weight excluding hydrogens is 368 g/mol. The van der Waals surface area contributed by atoms with E-state index < -0.39 is 11.9 Å². The molecule has 1 N–H and O–H groups in total. The van der Waals surface area contributed by atoms with Crippen LogP contribution in [0.3, 0.4) is 0 Å². The highest BCUT2D eigenvalue weighted by molar-refractivity contribution is 7.18. The van der Waals surface area contributed by atoms with E-state index >= 15 is 0 Å². The van der Waals surface area contributed by atoms with Crippen molar-refractivity contribution in [3.05, 3.63) is 16.0 Å². The molecule has 0 unspecified atom stereocenters. The Morgan fingerprint density at radius 2 is 1.85 bits per heavy atom. The normalized spacial score (nSPS) is 17.4. The Balaban J connectivity index is 2.20. The van der Waals surface area contributed by atoms with Gasteiger partial charge < -0.3 is 14.8 Å². The van der Waals surface area contributed by atoms with Crippen molar-refractivity contribution in [1.29, 1.82) is 0 Å². The molecule has 1 saturated heterocycles. The summed E-state index contributed by atoms with van der Waals surface area (Å²) in [7, 11) is 0. The average molecular weight is 397 g/mol. The molecule has 0 spiro atoms. The van der Waals surface area contributed by atoms with Crippen LogP contribution >= 0.6 is 11.3 Å². The number of nitrogens with zero attached hydrogens (tertiary/aromatic N) is 1. The molecule has 1 fully saturated rings. The highest BCUT2D eigenvalue weighted by atomic mass is 32.1. The minimum atomic E-state index is -0.552. The lowest BCUT2D eigenvalue weighted by molar-refractivity contribution is -0.117. The standard InChI is InChI=1S/C19H28N2O5S/c1-5-25-18(23)15-13(4)16(19(24)26-6-2)27-17(15)20-14(22)11-21-9-7-8-12(3)10-21/h12H,5-11H2,1-4H3,(H,20,22)/t12-/m0/s1. The van der Waals surface area contributed by atoms with Crippen LogP contribution in [0.1, 0.15) is 59.2 Å². The van der Waals surface area contributed by atoms with Crippen molar-refractivity contribution >= 4 is 34.2 Å². The van der Waals surface area contributed by atoms with E-state index in [1.807, 2.05) is 0 Å². The summed E-state index contributed by atoms with van der Waals surface area (Å²) in [6, 6.07) is 0. The summed E-state index contributed by atoms with van der Waals surface area (Å²) in [5, 5.41) is 3.14. The van der Waals surface area contributed by atoms with Crippen LogP contribution in [-0.4, -0.2) is 55.6 Å². The Bertz CT molecular complexity index is 701. The zero-order chi connectivity index (χ0) is 20.0. The first-order valence-electron chi connectivity index (χ1n) is 9.37. The quantitative estimate of drug-likeness (QED) is 0.713. The van der Waals surface area contributed by atoms with E-state index in [1.54, 1.807) is 20.8 Å². The van der Waals surface area contributed by atoms with Crippen LogP contribution in [0, 0.1) is 12.8 Å². The second-order valence-electron chi connectivity index (χ2n) is 6.73. The molecule has 27 heavy (non-hydrogen) atoms. The van der Waals surface area contributed by atoms with Crippen molar-refractivity contribution < 1.29 is 23.9 Å². The van der Waals surface area contributed by atoms with Gasteiger partial charge in [0.1, 0.15) is 9.88 Å². The number of nitrogens with one attached hydrogen (secondary N) is 1. The number of carbonyl (C=O) groups excluding carboxylic acids is 3. The van der Waals surface area contributed by atoms with Gasteiger partial charge in [-0.05, 0) is 51.6 Å². The molecule has 0 bridgehead atoms. The predicted molar refractivity (Wildman–Crippen MR) is 104 cm³/mol. The molecule has 7 nitrogen and oxygen atoms in total. The van der Waals surface area contributed by atoms with Crippen LogP contribution in [0.4, 0.5) is 5.00 Å². The van der Waals surface area contributed by atoms with Crippen molar-refractivity contribution in [1.82, 2.24) is 4.90 Å². The van der Waals surface area contributed by atoms with Crippen molar-refractivity contribution in [2.24, 2.45) is 5.92 Å². The third-order valence-electron chi connectivity index (χ3n) is 4.45. The van der Waals surface area contributed by atoms with Gasteiger partial charge in [-0.1, -0.05) is 6.92 Å². The molecule has 1 atom stereocenters. The van der Waals surface area contributed by atoms with Crippen LogP contribution in [0.2, 0.25) is 0 Å². The zero-order valence-corrected chi connectivity index (χ0v) is 17.2. The summed E-state index contributed by atoms with van der Waals surface area (Å²) >= 11 is 1.05. The smallest absolute Gasteiger partial charge is 0.348 e. The third kappa shape index (κ3) is 5.52. The van der Waals surface area contributed by atoms with E-state index in [0.29, 0.717) is 21.4 Å². The van der Waals surface area contributed by atoms with Crippen molar-refractivity contribution in [2.75, 3.05) is 38.2 Å². The fourth-order valence-electron chi connectivity index (χ4n) is 3.24. The van der Waals surface area contributed by atoms with E-state index in [9.17, 15) is 14.4 Å². The third-order valence-corrected chi connectivity index (χ3v) is 5.64. The summed E-state index contributed by atoms with van der Waals surface area (Å²) in [4.78, 5) is 39.5. The van der Waals surface area contributed by atoms with Gasteiger partial charge in [0.15, 0.2) is 0 Å². The Morgan fingerprint density at radius 3 is 2.48 bits per heavy atom. The maximum absolute atomic E-state index is 12.5. The van der Waals surface area contributed by atoms with Crippen molar-refractivity contribution in [3.8, 4) is 0 Å². The van der Waals surface area contributed by atoms with Gasteiger partial charge in [0.05, 0.1) is 25.3 Å². The molecule has 8 heteroatoms. The number of likely N-dealkylation sites (tertiary alicyclic amines) is 1. The Morgan fingerprint density at radius 1 is 1.19 bits per heavy atom. The zero-order valence-electron chi connectivity index (χ0n) is 16.4. The summed E-state index contributed by atoms with van der Waals surface area (Å²) < 4.78 is 10.2. The SMILES string of the molecule is CCOC(=O)c1sc(NC(=O)CN2CCC[C@H](C)C2)c(C(=O)OCC)c1C. The number of hydrogen-bond donors (Lipinski definition) is 1. The first-order valence-corrected chi connectivity index (χ1v) is 10.2. The molecule has 0 saturated carbocycles. The van der Waals surface area contributed by atoms with E-state index in [-0.39, 0.29) is 31.2 Å². The molecule has 1 aromatic rings. The lowest BCUT2D eigenvalue weighted by atomic mass is 10.0. The van der Waals surface area contributed by atoms with Crippen LogP contribution in [0.15, 0.2) is 0 Å².